The van der Waals surface area contributed by atoms with Gasteiger partial charge in [0, 0.05) is 48.7 Å². The van der Waals surface area contributed by atoms with Crippen LogP contribution in [0.1, 0.15) is 23.5 Å². The number of halogens is 1. The lowest BCUT2D eigenvalue weighted by atomic mass is 10.0. The van der Waals surface area contributed by atoms with Crippen LogP contribution in [-0.4, -0.2) is 46.0 Å². The van der Waals surface area contributed by atoms with Crippen molar-refractivity contribution >= 4 is 40.3 Å². The lowest BCUT2D eigenvalue weighted by Crippen LogP contribution is -2.36. The molecule has 0 aliphatic carbocycles. The highest BCUT2D eigenvalue weighted by Crippen LogP contribution is 2.42. The van der Waals surface area contributed by atoms with Crippen LogP contribution < -0.4 is 15.1 Å². The molecule has 2 fully saturated rings. The first-order valence-electron chi connectivity index (χ1n) is 11.9. The molecular weight excluding hydrogens is 492 g/mol. The van der Waals surface area contributed by atoms with Crippen molar-refractivity contribution in [2.75, 3.05) is 36.1 Å². The van der Waals surface area contributed by atoms with E-state index in [1.54, 1.807) is 6.20 Å². The van der Waals surface area contributed by atoms with Crippen LogP contribution in [0.3, 0.4) is 0 Å². The van der Waals surface area contributed by atoms with Gasteiger partial charge in [0.05, 0.1) is 30.0 Å². The van der Waals surface area contributed by atoms with Crippen LogP contribution in [0.5, 0.6) is 0 Å². The summed E-state index contributed by atoms with van der Waals surface area (Å²) in [4.78, 5) is 13.7. The number of aromatic nitrogens is 3. The fraction of sp³-hybridized carbons (Fsp3) is 0.222. The summed E-state index contributed by atoms with van der Waals surface area (Å²) in [6.45, 7) is 3.31. The average molecular weight is 517 g/mol. The van der Waals surface area contributed by atoms with Crippen molar-refractivity contribution in [2.24, 2.45) is 0 Å². The lowest BCUT2D eigenvalue weighted by molar-refractivity contribution is 0.122. The molecule has 1 N–H and O–H groups in total. The van der Waals surface area contributed by atoms with E-state index in [2.05, 4.69) is 60.0 Å². The number of rotatable bonds is 5. The third kappa shape index (κ3) is 4.32. The fourth-order valence-electron chi connectivity index (χ4n) is 4.93. The van der Waals surface area contributed by atoms with E-state index in [0.29, 0.717) is 10.1 Å². The molecule has 2 saturated heterocycles. The number of thiocarbonyl (C=S) groups is 1. The highest BCUT2D eigenvalue weighted by molar-refractivity contribution is 7.80. The van der Waals surface area contributed by atoms with Crippen LogP contribution in [0.2, 0.25) is 5.02 Å². The molecule has 0 amide bonds. The van der Waals surface area contributed by atoms with Crippen LogP contribution in [0.15, 0.2) is 85.3 Å². The molecule has 0 unspecified atom stereocenters. The third-order valence-electron chi connectivity index (χ3n) is 6.64. The van der Waals surface area contributed by atoms with Crippen LogP contribution in [0.4, 0.5) is 11.4 Å². The number of pyridine rings is 2. The van der Waals surface area contributed by atoms with Gasteiger partial charge in [0.1, 0.15) is 11.9 Å². The number of hydrogen-bond donors (Lipinski definition) is 1. The smallest absolute Gasteiger partial charge is 0.174 e. The second kappa shape index (κ2) is 9.89. The van der Waals surface area contributed by atoms with E-state index in [9.17, 15) is 0 Å². The molecule has 5 heterocycles. The Morgan fingerprint density at radius 1 is 0.917 bits per heavy atom. The van der Waals surface area contributed by atoms with Gasteiger partial charge in [0.2, 0.25) is 0 Å². The summed E-state index contributed by atoms with van der Waals surface area (Å²) in [6.07, 6.45) is 5.50. The molecule has 4 aromatic rings. The first kappa shape index (κ1) is 23.0. The van der Waals surface area contributed by atoms with E-state index in [0.717, 1.165) is 49.2 Å². The Kier molecular flexibility index (Phi) is 6.31. The molecule has 0 bridgehead atoms. The molecule has 2 atom stereocenters. The van der Waals surface area contributed by atoms with Gasteiger partial charge < -0.3 is 24.4 Å². The number of nitrogens with zero attached hydrogens (tertiary/aromatic N) is 5. The molecule has 1 aromatic carbocycles. The number of nitrogens with one attached hydrogen (secondary N) is 1. The number of benzene rings is 1. The molecule has 0 spiro atoms. The van der Waals surface area contributed by atoms with Crippen LogP contribution in [0.25, 0.3) is 5.82 Å². The Hall–Kier alpha value is -3.46. The summed E-state index contributed by atoms with van der Waals surface area (Å²) >= 11 is 12.0. The first-order chi connectivity index (χ1) is 17.7. The van der Waals surface area contributed by atoms with Crippen LogP contribution >= 0.6 is 23.8 Å². The van der Waals surface area contributed by atoms with Crippen LogP contribution in [0, 0.1) is 0 Å². The molecule has 182 valence electrons. The summed E-state index contributed by atoms with van der Waals surface area (Å²) in [5.41, 5.74) is 4.18. The average Bonchev–Trinajstić information content (AvgIpc) is 3.54. The van der Waals surface area contributed by atoms with E-state index in [1.807, 2.05) is 48.8 Å². The number of anilines is 2. The minimum absolute atomic E-state index is 0.140. The van der Waals surface area contributed by atoms with E-state index < -0.39 is 0 Å². The SMILES string of the molecule is S=C1N[C@H](c2ccccn2)[C@@H](c2cccn2-c2ccc(Cl)cn2)N1c1ccc(N2CCOCC2)cc1. The maximum absolute atomic E-state index is 6.11. The zero-order valence-electron chi connectivity index (χ0n) is 19.5. The minimum Gasteiger partial charge on any atom is -0.378 e. The number of morpholine rings is 1. The van der Waals surface area contributed by atoms with Crippen molar-refractivity contribution in [1.82, 2.24) is 19.9 Å². The van der Waals surface area contributed by atoms with E-state index >= 15 is 0 Å². The van der Waals surface area contributed by atoms with E-state index in [1.165, 1.54) is 5.69 Å². The van der Waals surface area contributed by atoms with Crippen molar-refractivity contribution in [3.8, 4) is 5.82 Å². The molecule has 6 rings (SSSR count). The zero-order valence-corrected chi connectivity index (χ0v) is 21.1. The summed E-state index contributed by atoms with van der Waals surface area (Å²) in [5, 5.41) is 4.80. The van der Waals surface area contributed by atoms with Gasteiger partial charge in [-0.3, -0.25) is 4.98 Å². The van der Waals surface area contributed by atoms with Crippen molar-refractivity contribution in [3.05, 3.63) is 102 Å². The van der Waals surface area contributed by atoms with Gasteiger partial charge in [-0.2, -0.15) is 0 Å². The molecule has 36 heavy (non-hydrogen) atoms. The monoisotopic (exact) mass is 516 g/mol. The minimum atomic E-state index is -0.144. The van der Waals surface area contributed by atoms with Gasteiger partial charge in [0.15, 0.2) is 5.11 Å². The van der Waals surface area contributed by atoms with Gasteiger partial charge in [-0.05, 0) is 72.9 Å². The van der Waals surface area contributed by atoms with Gasteiger partial charge in [-0.15, -0.1) is 0 Å². The van der Waals surface area contributed by atoms with Crippen molar-refractivity contribution in [3.63, 3.8) is 0 Å². The zero-order chi connectivity index (χ0) is 24.5. The molecule has 0 radical (unpaired) electrons. The molecule has 7 nitrogen and oxygen atoms in total. The maximum Gasteiger partial charge on any atom is 0.174 e. The Balaban J connectivity index is 1.41. The Morgan fingerprint density at radius 3 is 2.44 bits per heavy atom. The summed E-state index contributed by atoms with van der Waals surface area (Å²) < 4.78 is 7.59. The van der Waals surface area contributed by atoms with Gasteiger partial charge in [-0.1, -0.05) is 17.7 Å². The highest BCUT2D eigenvalue weighted by Gasteiger charge is 2.42. The second-order valence-electron chi connectivity index (χ2n) is 8.75. The molecule has 2 aliphatic heterocycles. The predicted octanol–water partition coefficient (Wildman–Crippen LogP) is 4.93. The predicted molar refractivity (Wildman–Crippen MR) is 146 cm³/mol. The van der Waals surface area contributed by atoms with E-state index in [4.69, 9.17) is 28.6 Å². The Morgan fingerprint density at radius 2 is 1.72 bits per heavy atom. The lowest BCUT2D eigenvalue weighted by Gasteiger charge is -2.31. The van der Waals surface area contributed by atoms with Gasteiger partial charge in [0.25, 0.3) is 0 Å². The van der Waals surface area contributed by atoms with E-state index in [-0.39, 0.29) is 12.1 Å². The molecule has 0 saturated carbocycles. The Bertz CT molecular complexity index is 1340. The van der Waals surface area contributed by atoms with Crippen molar-refractivity contribution in [2.45, 2.75) is 12.1 Å². The molecular formula is C27H25ClN6OS. The Labute approximate surface area is 220 Å². The topological polar surface area (TPSA) is 58.5 Å². The standard InChI is InChI=1S/C27H25ClN6OS/c28-19-6-11-24(30-18-19)33-13-3-5-23(33)26-25(22-4-1-2-12-29-22)31-27(36)34(26)21-9-7-20(8-10-21)32-14-16-35-17-15-32/h1-13,18,25-26H,14-17H2,(H,31,36)/t25-,26-/m1/s1. The molecule has 3 aromatic heterocycles. The fourth-order valence-corrected chi connectivity index (χ4v) is 5.39. The maximum atomic E-state index is 6.11. The quantitative estimate of drug-likeness (QED) is 0.377. The van der Waals surface area contributed by atoms with Gasteiger partial charge in [-0.25, -0.2) is 4.98 Å². The highest BCUT2D eigenvalue weighted by atomic mass is 35.5. The second-order valence-corrected chi connectivity index (χ2v) is 9.57. The summed E-state index contributed by atoms with van der Waals surface area (Å²) in [6, 6.07) is 22.2. The summed E-state index contributed by atoms with van der Waals surface area (Å²) in [5.74, 6) is 0.791. The summed E-state index contributed by atoms with van der Waals surface area (Å²) in [7, 11) is 0. The van der Waals surface area contributed by atoms with Crippen molar-refractivity contribution < 1.29 is 4.74 Å². The van der Waals surface area contributed by atoms with Gasteiger partial charge >= 0.3 is 0 Å². The third-order valence-corrected chi connectivity index (χ3v) is 7.18. The van der Waals surface area contributed by atoms with Crippen molar-refractivity contribution in [1.29, 1.82) is 0 Å². The molecule has 2 aliphatic rings. The normalized spacial score (nSPS) is 20.0. The molecule has 9 heteroatoms. The largest absolute Gasteiger partial charge is 0.378 e. The number of hydrogen-bond acceptors (Lipinski definition) is 5. The first-order valence-corrected chi connectivity index (χ1v) is 12.7. The number of ether oxygens (including phenoxy) is 1. The van der Waals surface area contributed by atoms with Crippen LogP contribution in [-0.2, 0) is 4.74 Å².